The Kier molecular flexibility index (Phi) is 2.68. The molecular weight excluding hydrogens is 222 g/mol. The molecule has 1 aromatic carbocycles. The Bertz CT molecular complexity index is 621. The summed E-state index contributed by atoms with van der Waals surface area (Å²) in [5.41, 5.74) is 2.10. The Hall–Kier alpha value is -2.15. The highest BCUT2D eigenvalue weighted by Gasteiger charge is 2.14. The Morgan fingerprint density at radius 1 is 1.24 bits per heavy atom. The van der Waals surface area contributed by atoms with Crippen molar-refractivity contribution in [2.24, 2.45) is 7.05 Å². The van der Waals surface area contributed by atoms with Gasteiger partial charge in [0.15, 0.2) is 0 Å². The zero-order chi connectivity index (χ0) is 12.6. The molecule has 0 bridgehead atoms. The molecule has 0 fully saturated rings. The van der Waals surface area contributed by atoms with E-state index in [-0.39, 0.29) is 0 Å². The molecule has 0 unspecified atom stereocenters. The van der Waals surface area contributed by atoms with E-state index < -0.39 is 11.6 Å². The number of benzene rings is 1. The third kappa shape index (κ3) is 1.80. The first-order chi connectivity index (χ1) is 8.04. The van der Waals surface area contributed by atoms with Gasteiger partial charge in [-0.1, -0.05) is 0 Å². The average molecular weight is 232 g/mol. The van der Waals surface area contributed by atoms with E-state index in [4.69, 9.17) is 5.26 Å². The van der Waals surface area contributed by atoms with Gasteiger partial charge in [-0.3, -0.25) is 0 Å². The minimum absolute atomic E-state index is 0.290. The third-order valence-electron chi connectivity index (χ3n) is 2.86. The molecule has 0 amide bonds. The van der Waals surface area contributed by atoms with E-state index in [1.54, 1.807) is 24.6 Å². The summed E-state index contributed by atoms with van der Waals surface area (Å²) in [6, 6.07) is 7.06. The second-order valence-corrected chi connectivity index (χ2v) is 3.82. The van der Waals surface area contributed by atoms with Gasteiger partial charge in [-0.05, 0) is 25.1 Å². The maximum atomic E-state index is 13.6. The number of aromatic nitrogens is 1. The molecule has 0 N–H and O–H groups in total. The van der Waals surface area contributed by atoms with Crippen molar-refractivity contribution in [2.45, 2.75) is 6.92 Å². The molecule has 17 heavy (non-hydrogen) atoms. The third-order valence-corrected chi connectivity index (χ3v) is 2.86. The van der Waals surface area contributed by atoms with Crippen molar-refractivity contribution in [2.75, 3.05) is 0 Å². The van der Waals surface area contributed by atoms with Crippen LogP contribution in [0.5, 0.6) is 0 Å². The van der Waals surface area contributed by atoms with Crippen LogP contribution in [-0.2, 0) is 7.05 Å². The summed E-state index contributed by atoms with van der Waals surface area (Å²) in [6.07, 6.45) is 0. The van der Waals surface area contributed by atoms with E-state index in [0.717, 1.165) is 11.8 Å². The van der Waals surface area contributed by atoms with Crippen molar-refractivity contribution in [3.8, 4) is 17.3 Å². The van der Waals surface area contributed by atoms with Gasteiger partial charge >= 0.3 is 0 Å². The lowest BCUT2D eigenvalue weighted by molar-refractivity contribution is 0.584. The molecule has 1 heterocycles. The zero-order valence-electron chi connectivity index (χ0n) is 9.46. The maximum absolute atomic E-state index is 13.6. The van der Waals surface area contributed by atoms with Crippen LogP contribution in [0.1, 0.15) is 11.3 Å². The SMILES string of the molecule is Cc1c(C#N)cc(-c2ccc(F)cc2F)n1C. The number of rotatable bonds is 1. The Balaban J connectivity index is 2.65. The highest BCUT2D eigenvalue weighted by atomic mass is 19.1. The maximum Gasteiger partial charge on any atom is 0.135 e. The molecule has 0 saturated heterocycles. The molecular formula is C13H10F2N2. The summed E-state index contributed by atoms with van der Waals surface area (Å²) in [5, 5.41) is 8.90. The normalized spacial score (nSPS) is 10.3. The van der Waals surface area contributed by atoms with Gasteiger partial charge in [0, 0.05) is 24.4 Å². The van der Waals surface area contributed by atoms with E-state index in [2.05, 4.69) is 0 Å². The fourth-order valence-corrected chi connectivity index (χ4v) is 1.77. The summed E-state index contributed by atoms with van der Waals surface area (Å²) < 4.78 is 28.2. The van der Waals surface area contributed by atoms with Crippen LogP contribution in [0.15, 0.2) is 24.3 Å². The van der Waals surface area contributed by atoms with E-state index in [0.29, 0.717) is 16.8 Å². The molecule has 0 spiro atoms. The quantitative estimate of drug-likeness (QED) is 0.742. The monoisotopic (exact) mass is 232 g/mol. The molecule has 0 radical (unpaired) electrons. The number of nitriles is 1. The molecule has 4 heteroatoms. The second-order valence-electron chi connectivity index (χ2n) is 3.82. The molecule has 0 aliphatic carbocycles. The van der Waals surface area contributed by atoms with Crippen LogP contribution >= 0.6 is 0 Å². The van der Waals surface area contributed by atoms with Crippen molar-refractivity contribution in [1.82, 2.24) is 4.57 Å². The fourth-order valence-electron chi connectivity index (χ4n) is 1.77. The molecule has 2 aromatic rings. The molecule has 0 saturated carbocycles. The lowest BCUT2D eigenvalue weighted by Gasteiger charge is -2.06. The first kappa shape index (κ1) is 11.3. The summed E-state index contributed by atoms with van der Waals surface area (Å²) in [7, 11) is 1.74. The minimum Gasteiger partial charge on any atom is -0.347 e. The number of hydrogen-bond acceptors (Lipinski definition) is 1. The van der Waals surface area contributed by atoms with Gasteiger partial charge in [-0.15, -0.1) is 0 Å². The smallest absolute Gasteiger partial charge is 0.135 e. The Morgan fingerprint density at radius 3 is 2.47 bits per heavy atom. The Labute approximate surface area is 97.7 Å². The zero-order valence-corrected chi connectivity index (χ0v) is 9.46. The van der Waals surface area contributed by atoms with E-state index in [1.807, 2.05) is 6.07 Å². The van der Waals surface area contributed by atoms with E-state index >= 15 is 0 Å². The van der Waals surface area contributed by atoms with Crippen molar-refractivity contribution < 1.29 is 8.78 Å². The van der Waals surface area contributed by atoms with Crippen molar-refractivity contribution in [1.29, 1.82) is 5.26 Å². The molecule has 86 valence electrons. The van der Waals surface area contributed by atoms with Crippen molar-refractivity contribution in [3.63, 3.8) is 0 Å². The minimum atomic E-state index is -0.630. The van der Waals surface area contributed by atoms with Crippen LogP contribution < -0.4 is 0 Å². The molecule has 1 aromatic heterocycles. The van der Waals surface area contributed by atoms with Gasteiger partial charge in [0.25, 0.3) is 0 Å². The van der Waals surface area contributed by atoms with Gasteiger partial charge < -0.3 is 4.57 Å². The predicted molar refractivity (Wildman–Crippen MR) is 60.2 cm³/mol. The van der Waals surface area contributed by atoms with Gasteiger partial charge in [-0.25, -0.2) is 8.78 Å². The fraction of sp³-hybridized carbons (Fsp3) is 0.154. The van der Waals surface area contributed by atoms with Gasteiger partial charge in [-0.2, -0.15) is 5.26 Å². The van der Waals surface area contributed by atoms with Crippen LogP contribution in [-0.4, -0.2) is 4.57 Å². The van der Waals surface area contributed by atoms with Crippen molar-refractivity contribution >= 4 is 0 Å². The van der Waals surface area contributed by atoms with Crippen LogP contribution in [0.25, 0.3) is 11.3 Å². The largest absolute Gasteiger partial charge is 0.347 e. The molecule has 2 rings (SSSR count). The Morgan fingerprint density at radius 2 is 1.94 bits per heavy atom. The van der Waals surface area contributed by atoms with E-state index in [1.165, 1.54) is 12.1 Å². The lowest BCUT2D eigenvalue weighted by Crippen LogP contribution is -1.96. The predicted octanol–water partition coefficient (Wildman–Crippen LogP) is 3.15. The van der Waals surface area contributed by atoms with E-state index in [9.17, 15) is 8.78 Å². The number of hydrogen-bond donors (Lipinski definition) is 0. The van der Waals surface area contributed by atoms with Gasteiger partial charge in [0.1, 0.15) is 17.7 Å². The summed E-state index contributed by atoms with van der Waals surface area (Å²) >= 11 is 0. The molecule has 0 aliphatic heterocycles. The molecule has 2 nitrogen and oxygen atoms in total. The summed E-state index contributed by atoms with van der Waals surface area (Å²) in [6.45, 7) is 1.78. The van der Waals surface area contributed by atoms with Crippen LogP contribution in [0.3, 0.4) is 0 Å². The van der Waals surface area contributed by atoms with Crippen molar-refractivity contribution in [3.05, 3.63) is 47.2 Å². The standard InChI is InChI=1S/C13H10F2N2/c1-8-9(7-16)5-13(17(8)2)11-4-3-10(14)6-12(11)15/h3-6H,1-2H3. The summed E-state index contributed by atoms with van der Waals surface area (Å²) in [4.78, 5) is 0. The summed E-state index contributed by atoms with van der Waals surface area (Å²) in [5.74, 6) is -1.24. The first-order valence-corrected chi connectivity index (χ1v) is 5.06. The highest BCUT2D eigenvalue weighted by molar-refractivity contribution is 5.64. The second kappa shape index (κ2) is 4.02. The van der Waals surface area contributed by atoms with Crippen LogP contribution in [0, 0.1) is 29.9 Å². The van der Waals surface area contributed by atoms with Crippen LogP contribution in [0.4, 0.5) is 8.78 Å². The highest BCUT2D eigenvalue weighted by Crippen LogP contribution is 2.27. The van der Waals surface area contributed by atoms with Crippen LogP contribution in [0.2, 0.25) is 0 Å². The number of nitrogens with zero attached hydrogens (tertiary/aromatic N) is 2. The van der Waals surface area contributed by atoms with Gasteiger partial charge in [0.2, 0.25) is 0 Å². The first-order valence-electron chi connectivity index (χ1n) is 5.06. The lowest BCUT2D eigenvalue weighted by atomic mass is 10.1. The molecule has 0 atom stereocenters. The molecule has 0 aliphatic rings. The topological polar surface area (TPSA) is 28.7 Å². The number of halogens is 2. The average Bonchev–Trinajstić information content (AvgIpc) is 2.57. The van der Waals surface area contributed by atoms with Gasteiger partial charge in [0.05, 0.1) is 11.3 Å².